The number of alkyl halides is 1. The Hall–Kier alpha value is -1.94. The lowest BCUT2D eigenvalue weighted by molar-refractivity contribution is 0.502. The molecule has 0 aliphatic heterocycles. The second kappa shape index (κ2) is 5.45. The van der Waals surface area contributed by atoms with Crippen LogP contribution in [0.1, 0.15) is 35.6 Å². The van der Waals surface area contributed by atoms with E-state index >= 15 is 0 Å². The third-order valence-electron chi connectivity index (χ3n) is 3.60. The number of hydrogen-bond acceptors (Lipinski definition) is 3. The van der Waals surface area contributed by atoms with Gasteiger partial charge in [0.2, 0.25) is 0 Å². The van der Waals surface area contributed by atoms with Crippen molar-refractivity contribution in [1.82, 2.24) is 4.57 Å². The summed E-state index contributed by atoms with van der Waals surface area (Å²) in [5.41, 5.74) is 3.17. The number of aryl methyl sites for hydroxylation is 2. The van der Waals surface area contributed by atoms with Crippen LogP contribution in [0.2, 0.25) is 0 Å². The monoisotopic (exact) mass is 305 g/mol. The van der Waals surface area contributed by atoms with Crippen molar-refractivity contribution >= 4 is 22.7 Å². The van der Waals surface area contributed by atoms with Gasteiger partial charge >= 0.3 is 5.76 Å². The Labute approximate surface area is 126 Å². The molecule has 3 aromatic rings. The highest BCUT2D eigenvalue weighted by Crippen LogP contribution is 2.33. The van der Waals surface area contributed by atoms with E-state index in [9.17, 15) is 4.79 Å². The molecular weight excluding hydrogens is 290 g/mol. The third-order valence-corrected chi connectivity index (χ3v) is 4.09. The molecule has 0 aliphatic rings. The molecule has 3 rings (SSSR count). The van der Waals surface area contributed by atoms with Gasteiger partial charge in [-0.2, -0.15) is 0 Å². The van der Waals surface area contributed by atoms with Crippen molar-refractivity contribution in [2.75, 3.05) is 0 Å². The normalized spacial score (nSPS) is 12.9. The minimum Gasteiger partial charge on any atom is -0.469 e. The van der Waals surface area contributed by atoms with Gasteiger partial charge in [0.15, 0.2) is 5.58 Å². The standard InChI is InChI=1S/C16H16ClNO3/c1-3-7-18-13-5-4-11(9-14(13)21-16(18)19)15(17)12-6-8-20-10(12)2/h4-6,8-9,15H,3,7H2,1-2H3. The molecule has 0 fully saturated rings. The first-order valence-electron chi connectivity index (χ1n) is 6.93. The molecule has 2 heterocycles. The van der Waals surface area contributed by atoms with Crippen LogP contribution in [0, 0.1) is 6.92 Å². The molecular formula is C16H16ClNO3. The second-order valence-corrected chi connectivity index (χ2v) is 5.48. The summed E-state index contributed by atoms with van der Waals surface area (Å²) in [6.45, 7) is 4.55. The van der Waals surface area contributed by atoms with E-state index in [1.807, 2.05) is 38.1 Å². The molecule has 1 aromatic carbocycles. The van der Waals surface area contributed by atoms with Crippen LogP contribution in [0.15, 0.2) is 44.2 Å². The smallest absolute Gasteiger partial charge is 0.419 e. The topological polar surface area (TPSA) is 48.3 Å². The summed E-state index contributed by atoms with van der Waals surface area (Å²) in [6.07, 6.45) is 2.50. The molecule has 4 nitrogen and oxygen atoms in total. The average molecular weight is 306 g/mol. The van der Waals surface area contributed by atoms with Gasteiger partial charge in [-0.25, -0.2) is 4.79 Å². The molecule has 1 atom stereocenters. The average Bonchev–Trinajstić information content (AvgIpc) is 3.02. The number of rotatable bonds is 4. The van der Waals surface area contributed by atoms with Gasteiger partial charge in [-0.1, -0.05) is 13.0 Å². The fraction of sp³-hybridized carbons (Fsp3) is 0.312. The molecule has 0 saturated heterocycles. The summed E-state index contributed by atoms with van der Waals surface area (Å²) < 4.78 is 12.2. The summed E-state index contributed by atoms with van der Waals surface area (Å²) in [6, 6.07) is 7.49. The zero-order valence-corrected chi connectivity index (χ0v) is 12.7. The van der Waals surface area contributed by atoms with Crippen LogP contribution in [-0.4, -0.2) is 4.57 Å². The number of aromatic nitrogens is 1. The van der Waals surface area contributed by atoms with Crippen molar-refractivity contribution in [2.24, 2.45) is 0 Å². The zero-order chi connectivity index (χ0) is 15.0. The van der Waals surface area contributed by atoms with Crippen LogP contribution < -0.4 is 5.76 Å². The van der Waals surface area contributed by atoms with Gasteiger partial charge in [-0.05, 0) is 37.1 Å². The third kappa shape index (κ3) is 2.40. The maximum Gasteiger partial charge on any atom is 0.419 e. The number of fused-ring (bicyclic) bond motifs is 1. The Morgan fingerprint density at radius 3 is 2.81 bits per heavy atom. The number of halogens is 1. The second-order valence-electron chi connectivity index (χ2n) is 5.04. The van der Waals surface area contributed by atoms with E-state index in [-0.39, 0.29) is 11.1 Å². The number of benzene rings is 1. The van der Waals surface area contributed by atoms with E-state index in [2.05, 4.69) is 0 Å². The van der Waals surface area contributed by atoms with Crippen molar-refractivity contribution in [3.05, 3.63) is 58.0 Å². The van der Waals surface area contributed by atoms with Crippen LogP contribution in [0.25, 0.3) is 11.1 Å². The van der Waals surface area contributed by atoms with Crippen LogP contribution in [-0.2, 0) is 6.54 Å². The number of hydrogen-bond donors (Lipinski definition) is 0. The highest BCUT2D eigenvalue weighted by Gasteiger charge is 2.17. The quantitative estimate of drug-likeness (QED) is 0.678. The first-order valence-corrected chi connectivity index (χ1v) is 7.36. The van der Waals surface area contributed by atoms with Crippen LogP contribution in [0.5, 0.6) is 0 Å². The summed E-state index contributed by atoms with van der Waals surface area (Å²) in [7, 11) is 0. The van der Waals surface area contributed by atoms with Crippen molar-refractivity contribution in [1.29, 1.82) is 0 Å². The molecule has 0 spiro atoms. The molecule has 0 radical (unpaired) electrons. The van der Waals surface area contributed by atoms with Gasteiger partial charge in [0.05, 0.1) is 17.2 Å². The minimum absolute atomic E-state index is 0.324. The minimum atomic E-state index is -0.326. The molecule has 2 aromatic heterocycles. The summed E-state index contributed by atoms with van der Waals surface area (Å²) >= 11 is 6.50. The number of nitrogens with zero attached hydrogens (tertiary/aromatic N) is 1. The van der Waals surface area contributed by atoms with Gasteiger partial charge in [-0.15, -0.1) is 11.6 Å². The fourth-order valence-corrected chi connectivity index (χ4v) is 2.88. The maximum atomic E-state index is 11.8. The predicted molar refractivity (Wildman–Crippen MR) is 81.9 cm³/mol. The Balaban J connectivity index is 2.06. The van der Waals surface area contributed by atoms with E-state index in [4.69, 9.17) is 20.4 Å². The molecule has 21 heavy (non-hydrogen) atoms. The summed E-state index contributed by atoms with van der Waals surface area (Å²) in [4.78, 5) is 11.8. The van der Waals surface area contributed by atoms with E-state index in [0.29, 0.717) is 12.1 Å². The summed E-state index contributed by atoms with van der Waals surface area (Å²) in [5, 5.41) is -0.326. The molecule has 0 N–H and O–H groups in total. The van der Waals surface area contributed by atoms with Crippen LogP contribution >= 0.6 is 11.6 Å². The molecule has 0 amide bonds. The molecule has 0 bridgehead atoms. The molecule has 0 aliphatic carbocycles. The van der Waals surface area contributed by atoms with E-state index < -0.39 is 0 Å². The van der Waals surface area contributed by atoms with Crippen molar-refractivity contribution in [2.45, 2.75) is 32.2 Å². The van der Waals surface area contributed by atoms with Gasteiger partial charge in [0.25, 0.3) is 0 Å². The first kappa shape index (κ1) is 14.0. The zero-order valence-electron chi connectivity index (χ0n) is 11.9. The summed E-state index contributed by atoms with van der Waals surface area (Å²) in [5.74, 6) is 0.467. The van der Waals surface area contributed by atoms with E-state index in [0.717, 1.165) is 28.8 Å². The lowest BCUT2D eigenvalue weighted by Crippen LogP contribution is -2.13. The van der Waals surface area contributed by atoms with Gasteiger partial charge in [0, 0.05) is 12.1 Å². The Bertz CT molecular complexity index is 828. The predicted octanol–water partition coefficient (Wildman–Crippen LogP) is 4.23. The van der Waals surface area contributed by atoms with Gasteiger partial charge in [-0.3, -0.25) is 4.57 Å². The molecule has 1 unspecified atom stereocenters. The van der Waals surface area contributed by atoms with Gasteiger partial charge < -0.3 is 8.83 Å². The lowest BCUT2D eigenvalue weighted by atomic mass is 10.0. The van der Waals surface area contributed by atoms with E-state index in [1.54, 1.807) is 10.8 Å². The highest BCUT2D eigenvalue weighted by atomic mass is 35.5. The van der Waals surface area contributed by atoms with Crippen LogP contribution in [0.4, 0.5) is 0 Å². The Morgan fingerprint density at radius 1 is 1.33 bits per heavy atom. The molecule has 0 saturated carbocycles. The van der Waals surface area contributed by atoms with Crippen molar-refractivity contribution in [3.8, 4) is 0 Å². The molecule has 110 valence electrons. The van der Waals surface area contributed by atoms with Crippen molar-refractivity contribution < 1.29 is 8.83 Å². The van der Waals surface area contributed by atoms with Gasteiger partial charge in [0.1, 0.15) is 5.76 Å². The van der Waals surface area contributed by atoms with Crippen molar-refractivity contribution in [3.63, 3.8) is 0 Å². The fourth-order valence-electron chi connectivity index (χ4n) is 2.51. The SMILES string of the molecule is CCCn1c(=O)oc2cc(C(Cl)c3ccoc3C)ccc21. The Kier molecular flexibility index (Phi) is 3.64. The maximum absolute atomic E-state index is 11.8. The Morgan fingerprint density at radius 2 is 2.14 bits per heavy atom. The lowest BCUT2D eigenvalue weighted by Gasteiger charge is -2.09. The number of oxazole rings is 1. The molecule has 5 heteroatoms. The van der Waals surface area contributed by atoms with E-state index in [1.165, 1.54) is 0 Å². The number of furan rings is 1. The van der Waals surface area contributed by atoms with Crippen LogP contribution in [0.3, 0.4) is 0 Å². The first-order chi connectivity index (χ1) is 10.1. The largest absolute Gasteiger partial charge is 0.469 e. The highest BCUT2D eigenvalue weighted by molar-refractivity contribution is 6.22.